The van der Waals surface area contributed by atoms with Crippen molar-refractivity contribution in [2.75, 3.05) is 6.54 Å². The number of hydrogen-bond acceptors (Lipinski definition) is 2. The fourth-order valence-electron chi connectivity index (χ4n) is 1.61. The molecule has 0 bridgehead atoms. The molecule has 88 valence electrons. The standard InChI is InChI=1S/C12H15Cl2NS/c1-3-5-6-7-10(15-4-2)9-8-11(13)16-12(9)14/h1,8,10,15H,4-7H2,2H3. The molecule has 1 N–H and O–H groups in total. The molecule has 1 unspecified atom stereocenters. The molecule has 0 aliphatic heterocycles. The highest BCUT2D eigenvalue weighted by Crippen LogP contribution is 2.36. The van der Waals surface area contributed by atoms with Gasteiger partial charge >= 0.3 is 0 Å². The lowest BCUT2D eigenvalue weighted by Gasteiger charge is -2.16. The summed E-state index contributed by atoms with van der Waals surface area (Å²) in [7, 11) is 0. The largest absolute Gasteiger partial charge is 0.310 e. The summed E-state index contributed by atoms with van der Waals surface area (Å²) in [6.45, 7) is 2.99. The number of thiophene rings is 1. The molecule has 0 aromatic carbocycles. The van der Waals surface area contributed by atoms with Crippen molar-refractivity contribution in [3.05, 3.63) is 20.3 Å². The maximum atomic E-state index is 6.14. The molecule has 0 saturated carbocycles. The van der Waals surface area contributed by atoms with Crippen LogP contribution in [0, 0.1) is 12.3 Å². The Bertz CT molecular complexity index is 368. The first-order valence-electron chi connectivity index (χ1n) is 5.30. The van der Waals surface area contributed by atoms with Gasteiger partial charge in [-0.1, -0.05) is 30.1 Å². The minimum Gasteiger partial charge on any atom is -0.310 e. The van der Waals surface area contributed by atoms with E-state index in [0.29, 0.717) is 0 Å². The molecule has 1 rings (SSSR count). The third-order valence-electron chi connectivity index (χ3n) is 2.32. The van der Waals surface area contributed by atoms with Crippen LogP contribution in [0.2, 0.25) is 8.67 Å². The van der Waals surface area contributed by atoms with Crippen LogP contribution < -0.4 is 5.32 Å². The van der Waals surface area contributed by atoms with Gasteiger partial charge in [0.25, 0.3) is 0 Å². The summed E-state index contributed by atoms with van der Waals surface area (Å²) < 4.78 is 1.51. The molecular weight excluding hydrogens is 261 g/mol. The number of hydrogen-bond donors (Lipinski definition) is 1. The number of unbranched alkanes of at least 4 members (excludes halogenated alkanes) is 1. The zero-order chi connectivity index (χ0) is 12.0. The third-order valence-corrected chi connectivity index (χ3v) is 3.84. The van der Waals surface area contributed by atoms with Gasteiger partial charge in [0.1, 0.15) is 0 Å². The first kappa shape index (κ1) is 13.9. The van der Waals surface area contributed by atoms with Crippen LogP contribution in [0.25, 0.3) is 0 Å². The second-order valence-electron chi connectivity index (χ2n) is 3.49. The predicted molar refractivity (Wildman–Crippen MR) is 73.4 cm³/mol. The molecule has 0 aliphatic carbocycles. The molecule has 0 amide bonds. The lowest BCUT2D eigenvalue weighted by atomic mass is 10.0. The highest BCUT2D eigenvalue weighted by atomic mass is 35.5. The normalized spacial score (nSPS) is 12.4. The number of nitrogens with one attached hydrogen (secondary N) is 1. The van der Waals surface area contributed by atoms with E-state index in [9.17, 15) is 0 Å². The van der Waals surface area contributed by atoms with E-state index < -0.39 is 0 Å². The Morgan fingerprint density at radius 1 is 1.56 bits per heavy atom. The van der Waals surface area contributed by atoms with E-state index in [0.717, 1.165) is 40.0 Å². The lowest BCUT2D eigenvalue weighted by molar-refractivity contribution is 0.503. The van der Waals surface area contributed by atoms with Crippen LogP contribution in [-0.2, 0) is 0 Å². The quantitative estimate of drug-likeness (QED) is 0.595. The van der Waals surface area contributed by atoms with E-state index >= 15 is 0 Å². The Hall–Kier alpha value is -0.200. The summed E-state index contributed by atoms with van der Waals surface area (Å²) in [6.07, 6.45) is 8.04. The van der Waals surface area contributed by atoms with E-state index in [1.807, 2.05) is 6.07 Å². The number of terminal acetylenes is 1. The summed E-state index contributed by atoms with van der Waals surface area (Å²) >= 11 is 13.5. The second-order valence-corrected chi connectivity index (χ2v) is 5.77. The number of halogens is 2. The van der Waals surface area contributed by atoms with Crippen LogP contribution in [0.4, 0.5) is 0 Å². The molecular formula is C12H15Cl2NS. The Morgan fingerprint density at radius 3 is 2.81 bits per heavy atom. The smallest absolute Gasteiger partial charge is 0.0991 e. The van der Waals surface area contributed by atoms with Crippen molar-refractivity contribution < 1.29 is 0 Å². The highest BCUT2D eigenvalue weighted by molar-refractivity contribution is 7.20. The Labute approximate surface area is 111 Å². The number of rotatable bonds is 6. The van der Waals surface area contributed by atoms with E-state index in [-0.39, 0.29) is 6.04 Å². The molecule has 0 radical (unpaired) electrons. The van der Waals surface area contributed by atoms with Gasteiger partial charge in [0, 0.05) is 18.0 Å². The molecule has 1 aromatic rings. The van der Waals surface area contributed by atoms with E-state index in [4.69, 9.17) is 29.6 Å². The van der Waals surface area contributed by atoms with Crippen LogP contribution in [0.5, 0.6) is 0 Å². The summed E-state index contributed by atoms with van der Waals surface area (Å²) in [6, 6.07) is 2.20. The van der Waals surface area contributed by atoms with Crippen LogP contribution in [0.15, 0.2) is 6.07 Å². The van der Waals surface area contributed by atoms with Gasteiger partial charge in [-0.3, -0.25) is 0 Å². The average Bonchev–Trinajstić information content (AvgIpc) is 2.57. The van der Waals surface area contributed by atoms with Gasteiger partial charge in [-0.25, -0.2) is 0 Å². The minimum atomic E-state index is 0.259. The monoisotopic (exact) mass is 275 g/mol. The summed E-state index contributed by atoms with van der Waals surface area (Å²) in [4.78, 5) is 0. The van der Waals surface area contributed by atoms with Crippen LogP contribution in [0.1, 0.15) is 37.8 Å². The zero-order valence-corrected chi connectivity index (χ0v) is 11.6. The maximum Gasteiger partial charge on any atom is 0.0991 e. The Kier molecular flexibility index (Phi) is 6.23. The van der Waals surface area contributed by atoms with Gasteiger partial charge in [0.15, 0.2) is 0 Å². The van der Waals surface area contributed by atoms with E-state index in [2.05, 4.69) is 18.2 Å². The molecule has 0 spiro atoms. The predicted octanol–water partition coefficient (Wildman–Crippen LogP) is 4.51. The molecule has 0 aliphatic rings. The molecule has 4 heteroatoms. The molecule has 0 saturated heterocycles. The Morgan fingerprint density at radius 2 is 2.31 bits per heavy atom. The second kappa shape index (κ2) is 7.19. The highest BCUT2D eigenvalue weighted by Gasteiger charge is 2.16. The van der Waals surface area contributed by atoms with Crippen molar-refractivity contribution in [2.24, 2.45) is 0 Å². The van der Waals surface area contributed by atoms with Gasteiger partial charge in [0.2, 0.25) is 0 Å². The molecule has 1 nitrogen and oxygen atoms in total. The molecule has 16 heavy (non-hydrogen) atoms. The van der Waals surface area contributed by atoms with Gasteiger partial charge < -0.3 is 5.32 Å². The maximum absolute atomic E-state index is 6.14. The van der Waals surface area contributed by atoms with Gasteiger partial charge in [-0.15, -0.1) is 23.7 Å². The first-order chi connectivity index (χ1) is 7.69. The lowest BCUT2D eigenvalue weighted by Crippen LogP contribution is -2.20. The minimum absolute atomic E-state index is 0.259. The van der Waals surface area contributed by atoms with Crippen molar-refractivity contribution in [1.29, 1.82) is 0 Å². The molecule has 1 atom stereocenters. The average molecular weight is 276 g/mol. The fraction of sp³-hybridized carbons (Fsp3) is 0.500. The molecule has 0 fully saturated rings. The van der Waals surface area contributed by atoms with Gasteiger partial charge in [-0.05, 0) is 25.5 Å². The Balaban J connectivity index is 2.69. The summed E-state index contributed by atoms with van der Waals surface area (Å²) in [5.41, 5.74) is 1.09. The van der Waals surface area contributed by atoms with Crippen LogP contribution >= 0.6 is 34.5 Å². The molecule has 1 aromatic heterocycles. The van der Waals surface area contributed by atoms with Crippen molar-refractivity contribution >= 4 is 34.5 Å². The van der Waals surface area contributed by atoms with Gasteiger partial charge in [0.05, 0.1) is 8.67 Å². The van der Waals surface area contributed by atoms with Crippen molar-refractivity contribution in [1.82, 2.24) is 5.32 Å². The van der Waals surface area contributed by atoms with Crippen LogP contribution in [0.3, 0.4) is 0 Å². The van der Waals surface area contributed by atoms with Crippen molar-refractivity contribution in [3.8, 4) is 12.3 Å². The fourth-order valence-corrected chi connectivity index (χ4v) is 3.19. The summed E-state index contributed by atoms with van der Waals surface area (Å²) in [5, 5.41) is 3.41. The van der Waals surface area contributed by atoms with Crippen molar-refractivity contribution in [3.63, 3.8) is 0 Å². The first-order valence-corrected chi connectivity index (χ1v) is 6.87. The van der Waals surface area contributed by atoms with Crippen molar-refractivity contribution in [2.45, 2.75) is 32.2 Å². The third kappa shape index (κ3) is 3.99. The van der Waals surface area contributed by atoms with Crippen LogP contribution in [-0.4, -0.2) is 6.54 Å². The summed E-state index contributed by atoms with van der Waals surface area (Å²) in [5.74, 6) is 2.65. The molecule has 1 heterocycles. The van der Waals surface area contributed by atoms with Gasteiger partial charge in [-0.2, -0.15) is 0 Å². The zero-order valence-electron chi connectivity index (χ0n) is 9.22. The topological polar surface area (TPSA) is 12.0 Å². The van der Waals surface area contributed by atoms with E-state index in [1.165, 1.54) is 11.3 Å². The SMILES string of the molecule is C#CCCCC(NCC)c1cc(Cl)sc1Cl. The van der Waals surface area contributed by atoms with E-state index in [1.54, 1.807) is 0 Å².